The first kappa shape index (κ1) is 23.7. The summed E-state index contributed by atoms with van der Waals surface area (Å²) in [5.41, 5.74) is 5.92. The number of Topliss-reactive ketones (excluding diaryl/α,β-unsaturated/α-hetero) is 1. The Kier molecular flexibility index (Phi) is 6.55. The van der Waals surface area contributed by atoms with E-state index in [1.54, 1.807) is 12.1 Å². The second kappa shape index (κ2) is 9.94. The number of para-hydroxylation sites is 1. The molecule has 3 aromatic rings. The van der Waals surface area contributed by atoms with Gasteiger partial charge in [0.25, 0.3) is 5.91 Å². The molecule has 5 rings (SSSR count). The van der Waals surface area contributed by atoms with E-state index in [0.29, 0.717) is 29.7 Å². The standard InChI is InChI=1S/C31H29FN2O2/c1-3-20-13-15-22(16-14-20)29-28(31(36)34-25-12-8-7-11-24(25)32)19(2)33-26-17-23(18-27(35)30(26)29)21-9-5-4-6-10-21/h4-16,23,29,33H,3,17-18H2,1-2H3,(H,34,36). The minimum absolute atomic E-state index is 0.0332. The van der Waals surface area contributed by atoms with Gasteiger partial charge in [-0.3, -0.25) is 9.59 Å². The van der Waals surface area contributed by atoms with Gasteiger partial charge in [0.05, 0.1) is 5.69 Å². The zero-order chi connectivity index (χ0) is 25.2. The topological polar surface area (TPSA) is 58.2 Å². The van der Waals surface area contributed by atoms with E-state index in [0.717, 1.165) is 23.2 Å². The Morgan fingerprint density at radius 2 is 1.64 bits per heavy atom. The number of rotatable bonds is 5. The molecule has 0 radical (unpaired) electrons. The molecule has 0 aromatic heterocycles. The van der Waals surface area contributed by atoms with E-state index in [1.807, 2.05) is 49.4 Å². The van der Waals surface area contributed by atoms with Crippen LogP contribution in [0.25, 0.3) is 0 Å². The molecule has 1 aliphatic carbocycles. The lowest BCUT2D eigenvalue weighted by Crippen LogP contribution is -2.37. The van der Waals surface area contributed by atoms with Crippen molar-refractivity contribution in [1.82, 2.24) is 5.32 Å². The number of anilines is 1. The van der Waals surface area contributed by atoms with E-state index in [1.165, 1.54) is 17.7 Å². The largest absolute Gasteiger partial charge is 0.362 e. The normalized spacial score (nSPS) is 19.6. The summed E-state index contributed by atoms with van der Waals surface area (Å²) in [6.45, 7) is 3.94. The third kappa shape index (κ3) is 4.49. The molecule has 182 valence electrons. The van der Waals surface area contributed by atoms with Crippen LogP contribution in [0.4, 0.5) is 10.1 Å². The molecule has 1 amide bonds. The van der Waals surface area contributed by atoms with Crippen LogP contribution in [0.15, 0.2) is 101 Å². The fraction of sp³-hybridized carbons (Fsp3) is 0.226. The van der Waals surface area contributed by atoms with Crippen molar-refractivity contribution in [2.45, 2.75) is 44.9 Å². The summed E-state index contributed by atoms with van der Waals surface area (Å²) in [6, 6.07) is 24.3. The van der Waals surface area contributed by atoms with E-state index in [4.69, 9.17) is 0 Å². The average Bonchev–Trinajstić information content (AvgIpc) is 2.89. The van der Waals surface area contributed by atoms with Crippen molar-refractivity contribution >= 4 is 17.4 Å². The lowest BCUT2D eigenvalue weighted by Gasteiger charge is -2.37. The zero-order valence-corrected chi connectivity index (χ0v) is 20.5. The van der Waals surface area contributed by atoms with Crippen LogP contribution in [0.5, 0.6) is 0 Å². The van der Waals surface area contributed by atoms with Gasteiger partial charge < -0.3 is 10.6 Å². The highest BCUT2D eigenvalue weighted by molar-refractivity contribution is 6.10. The Hall–Kier alpha value is -3.99. The molecule has 0 spiro atoms. The van der Waals surface area contributed by atoms with Crippen LogP contribution in [0.1, 0.15) is 55.2 Å². The van der Waals surface area contributed by atoms with Gasteiger partial charge in [0, 0.05) is 34.9 Å². The van der Waals surface area contributed by atoms with Gasteiger partial charge in [0.2, 0.25) is 0 Å². The highest BCUT2D eigenvalue weighted by atomic mass is 19.1. The molecule has 0 saturated heterocycles. The summed E-state index contributed by atoms with van der Waals surface area (Å²) in [6.07, 6.45) is 1.97. The Bertz CT molecular complexity index is 1370. The second-order valence-corrected chi connectivity index (χ2v) is 9.46. The van der Waals surface area contributed by atoms with Gasteiger partial charge in [0.15, 0.2) is 5.78 Å². The first-order chi connectivity index (χ1) is 17.5. The Morgan fingerprint density at radius 1 is 0.944 bits per heavy atom. The number of aryl methyl sites for hydroxylation is 1. The maximum absolute atomic E-state index is 14.3. The summed E-state index contributed by atoms with van der Waals surface area (Å²) in [7, 11) is 0. The molecule has 1 heterocycles. The quantitative estimate of drug-likeness (QED) is 0.445. The number of hydrogen-bond donors (Lipinski definition) is 2. The van der Waals surface area contributed by atoms with Crippen molar-refractivity contribution in [2.24, 2.45) is 0 Å². The monoisotopic (exact) mass is 480 g/mol. The Morgan fingerprint density at radius 3 is 2.33 bits per heavy atom. The van der Waals surface area contributed by atoms with Crippen LogP contribution in [0, 0.1) is 5.82 Å². The Balaban J connectivity index is 1.57. The van der Waals surface area contributed by atoms with E-state index >= 15 is 0 Å². The molecule has 4 nitrogen and oxygen atoms in total. The number of allylic oxidation sites excluding steroid dienone is 3. The number of nitrogens with one attached hydrogen (secondary N) is 2. The number of carbonyl (C=O) groups is 2. The van der Waals surface area contributed by atoms with Crippen LogP contribution in [-0.4, -0.2) is 11.7 Å². The minimum atomic E-state index is -0.525. The minimum Gasteiger partial charge on any atom is -0.362 e. The number of ketones is 1. The predicted octanol–water partition coefficient (Wildman–Crippen LogP) is 6.39. The van der Waals surface area contributed by atoms with Crippen LogP contribution in [0.3, 0.4) is 0 Å². The molecule has 36 heavy (non-hydrogen) atoms. The van der Waals surface area contributed by atoms with E-state index < -0.39 is 17.6 Å². The highest BCUT2D eigenvalue weighted by Gasteiger charge is 2.41. The third-order valence-electron chi connectivity index (χ3n) is 7.19. The summed E-state index contributed by atoms with van der Waals surface area (Å²) in [5, 5.41) is 6.12. The molecule has 0 fully saturated rings. The van der Waals surface area contributed by atoms with Crippen molar-refractivity contribution in [1.29, 1.82) is 0 Å². The number of amides is 1. The maximum Gasteiger partial charge on any atom is 0.254 e. The summed E-state index contributed by atoms with van der Waals surface area (Å²) < 4.78 is 14.3. The number of benzene rings is 3. The molecule has 2 unspecified atom stereocenters. The molecular weight excluding hydrogens is 451 g/mol. The first-order valence-corrected chi connectivity index (χ1v) is 12.4. The van der Waals surface area contributed by atoms with E-state index in [2.05, 4.69) is 29.7 Å². The van der Waals surface area contributed by atoms with Gasteiger partial charge in [-0.05, 0) is 54.5 Å². The lowest BCUT2D eigenvalue weighted by atomic mass is 9.71. The Labute approximate surface area is 210 Å². The van der Waals surface area contributed by atoms with Crippen LogP contribution < -0.4 is 10.6 Å². The van der Waals surface area contributed by atoms with Crippen molar-refractivity contribution < 1.29 is 14.0 Å². The summed E-state index contributed by atoms with van der Waals surface area (Å²) in [5.74, 6) is -1.33. The van der Waals surface area contributed by atoms with Crippen molar-refractivity contribution in [3.8, 4) is 0 Å². The van der Waals surface area contributed by atoms with Crippen molar-refractivity contribution in [3.63, 3.8) is 0 Å². The average molecular weight is 481 g/mol. The van der Waals surface area contributed by atoms with E-state index in [-0.39, 0.29) is 17.4 Å². The van der Waals surface area contributed by atoms with Gasteiger partial charge in [-0.25, -0.2) is 4.39 Å². The SMILES string of the molecule is CCc1ccc(C2C(C(=O)Nc3ccccc3F)=C(C)NC3=C2C(=O)CC(c2ccccc2)C3)cc1. The van der Waals surface area contributed by atoms with Gasteiger partial charge in [0.1, 0.15) is 5.82 Å². The molecule has 2 atom stereocenters. The number of halogens is 1. The first-order valence-electron chi connectivity index (χ1n) is 12.4. The molecule has 5 heteroatoms. The zero-order valence-electron chi connectivity index (χ0n) is 20.5. The second-order valence-electron chi connectivity index (χ2n) is 9.46. The van der Waals surface area contributed by atoms with Gasteiger partial charge in [-0.2, -0.15) is 0 Å². The molecule has 0 bridgehead atoms. The van der Waals surface area contributed by atoms with Gasteiger partial charge >= 0.3 is 0 Å². The fourth-order valence-corrected chi connectivity index (χ4v) is 5.33. The maximum atomic E-state index is 14.3. The number of dihydropyridines is 1. The molecule has 0 saturated carbocycles. The predicted molar refractivity (Wildman–Crippen MR) is 140 cm³/mol. The fourth-order valence-electron chi connectivity index (χ4n) is 5.33. The molecule has 2 N–H and O–H groups in total. The molecule has 2 aliphatic rings. The smallest absolute Gasteiger partial charge is 0.254 e. The lowest BCUT2D eigenvalue weighted by molar-refractivity contribution is -0.116. The third-order valence-corrected chi connectivity index (χ3v) is 7.19. The van der Waals surface area contributed by atoms with Crippen molar-refractivity contribution in [2.75, 3.05) is 5.32 Å². The molecule has 1 aliphatic heterocycles. The van der Waals surface area contributed by atoms with Gasteiger partial charge in [-0.15, -0.1) is 0 Å². The summed E-state index contributed by atoms with van der Waals surface area (Å²) in [4.78, 5) is 27.3. The van der Waals surface area contributed by atoms with Crippen molar-refractivity contribution in [3.05, 3.63) is 124 Å². The molecule has 3 aromatic carbocycles. The molecular formula is C31H29FN2O2. The van der Waals surface area contributed by atoms with Gasteiger partial charge in [-0.1, -0.05) is 73.7 Å². The van der Waals surface area contributed by atoms with Crippen LogP contribution >= 0.6 is 0 Å². The van der Waals surface area contributed by atoms with Crippen LogP contribution in [0.2, 0.25) is 0 Å². The summed E-state index contributed by atoms with van der Waals surface area (Å²) >= 11 is 0. The van der Waals surface area contributed by atoms with Crippen LogP contribution in [-0.2, 0) is 16.0 Å². The number of hydrogen-bond acceptors (Lipinski definition) is 3. The number of carbonyl (C=O) groups excluding carboxylic acids is 2. The van der Waals surface area contributed by atoms with E-state index in [9.17, 15) is 14.0 Å². The highest BCUT2D eigenvalue weighted by Crippen LogP contribution is 2.45.